The Morgan fingerprint density at radius 3 is 2.48 bits per heavy atom. The first-order valence-corrected chi connectivity index (χ1v) is 9.84. The van der Waals surface area contributed by atoms with Crippen molar-refractivity contribution in [2.24, 2.45) is 0 Å². The number of imide groups is 1. The minimum absolute atomic E-state index is 0.00779. The Kier molecular flexibility index (Phi) is 5.75. The molecule has 1 aliphatic heterocycles. The fourth-order valence-electron chi connectivity index (χ4n) is 3.63. The first kappa shape index (κ1) is 21.9. The molecule has 170 valence electrons. The number of carbonyl (C=O) groups is 2. The van der Waals surface area contributed by atoms with Crippen LogP contribution in [0, 0.1) is 10.1 Å². The zero-order valence-corrected chi connectivity index (χ0v) is 17.7. The van der Waals surface area contributed by atoms with Gasteiger partial charge in [-0.2, -0.15) is 0 Å². The quantitative estimate of drug-likeness (QED) is 0.218. The Morgan fingerprint density at radius 2 is 1.88 bits per heavy atom. The molecule has 2 amide bonds. The molecular formula is C21H19N5O7. The van der Waals surface area contributed by atoms with Gasteiger partial charge in [0.05, 0.1) is 42.0 Å². The van der Waals surface area contributed by atoms with Crippen molar-refractivity contribution in [1.29, 1.82) is 0 Å². The molecule has 2 heterocycles. The highest BCUT2D eigenvalue weighted by Crippen LogP contribution is 2.28. The molecule has 1 saturated heterocycles. The number of likely N-dealkylation sites (N-methyl/N-ethyl adjacent to an activating group) is 1. The normalized spacial score (nSPS) is 16.0. The second-order valence-corrected chi connectivity index (χ2v) is 7.39. The van der Waals surface area contributed by atoms with Gasteiger partial charge >= 0.3 is 0 Å². The summed E-state index contributed by atoms with van der Waals surface area (Å²) in [5, 5.41) is 26.9. The van der Waals surface area contributed by atoms with Crippen molar-refractivity contribution in [3.05, 3.63) is 64.3 Å². The molecule has 12 nitrogen and oxygen atoms in total. The molecule has 3 aromatic rings. The van der Waals surface area contributed by atoms with Crippen molar-refractivity contribution >= 4 is 23.2 Å². The molecule has 4 rings (SSSR count). The minimum Gasteiger partial charge on any atom is -0.539 e. The van der Waals surface area contributed by atoms with Gasteiger partial charge in [0, 0.05) is 24.3 Å². The molecule has 1 aliphatic rings. The lowest BCUT2D eigenvalue weighted by Gasteiger charge is -2.21. The molecule has 1 fully saturated rings. The summed E-state index contributed by atoms with van der Waals surface area (Å²) in [6, 6.07) is 11.1. The Bertz CT molecular complexity index is 1210. The maximum Gasteiger partial charge on any atom is 0.269 e. The van der Waals surface area contributed by atoms with E-state index in [0.717, 1.165) is 4.90 Å². The van der Waals surface area contributed by atoms with Crippen LogP contribution in [0.4, 0.5) is 11.4 Å². The molecule has 1 atom stereocenters. The van der Waals surface area contributed by atoms with Crippen LogP contribution in [-0.2, 0) is 16.1 Å². The molecule has 0 aliphatic carbocycles. The minimum atomic E-state index is -0.827. The van der Waals surface area contributed by atoms with E-state index < -0.39 is 28.7 Å². The van der Waals surface area contributed by atoms with E-state index in [0.29, 0.717) is 11.4 Å². The third-order valence-electron chi connectivity index (χ3n) is 5.39. The van der Waals surface area contributed by atoms with Crippen molar-refractivity contribution in [3.63, 3.8) is 0 Å². The first-order valence-electron chi connectivity index (χ1n) is 9.84. The van der Waals surface area contributed by atoms with Gasteiger partial charge in [-0.05, 0) is 36.0 Å². The van der Waals surface area contributed by atoms with Crippen LogP contribution in [0.25, 0.3) is 5.69 Å². The van der Waals surface area contributed by atoms with Crippen LogP contribution in [-0.4, -0.2) is 47.1 Å². The summed E-state index contributed by atoms with van der Waals surface area (Å²) in [5.41, 5.74) is 0.836. The van der Waals surface area contributed by atoms with Crippen molar-refractivity contribution in [1.82, 2.24) is 10.2 Å². The van der Waals surface area contributed by atoms with E-state index in [1.165, 1.54) is 36.1 Å². The van der Waals surface area contributed by atoms with Gasteiger partial charge in [0.1, 0.15) is 5.75 Å². The number of non-ortho nitro benzene ring substituents is 1. The van der Waals surface area contributed by atoms with E-state index in [1.807, 2.05) is 0 Å². The molecule has 1 aromatic heterocycles. The SMILES string of the molecule is COc1ccc(-[n+]2noc([O-])c2CN(C)C2CC(=O)N(c3ccc([N+](=O)[O-])cc3)C2=O)cc1. The van der Waals surface area contributed by atoms with Gasteiger partial charge in [-0.25, -0.2) is 4.90 Å². The molecule has 0 bridgehead atoms. The maximum atomic E-state index is 13.0. The van der Waals surface area contributed by atoms with E-state index in [2.05, 4.69) is 5.27 Å². The molecule has 2 aromatic carbocycles. The molecule has 1 unspecified atom stereocenters. The fourth-order valence-corrected chi connectivity index (χ4v) is 3.63. The van der Waals surface area contributed by atoms with Gasteiger partial charge in [-0.3, -0.25) is 24.6 Å². The highest BCUT2D eigenvalue weighted by molar-refractivity contribution is 6.22. The zero-order valence-electron chi connectivity index (χ0n) is 17.7. The lowest BCUT2D eigenvalue weighted by molar-refractivity contribution is -0.678. The van der Waals surface area contributed by atoms with Gasteiger partial charge in [0.25, 0.3) is 17.3 Å². The highest BCUT2D eigenvalue weighted by Gasteiger charge is 2.42. The van der Waals surface area contributed by atoms with E-state index >= 15 is 0 Å². The smallest absolute Gasteiger partial charge is 0.269 e. The Labute approximate surface area is 187 Å². The number of rotatable bonds is 7. The number of methoxy groups -OCH3 is 1. The second-order valence-electron chi connectivity index (χ2n) is 7.39. The molecular weight excluding hydrogens is 434 g/mol. The number of benzene rings is 2. The zero-order chi connectivity index (χ0) is 23.7. The number of hydrogen-bond donors (Lipinski definition) is 0. The second kappa shape index (κ2) is 8.67. The average molecular weight is 453 g/mol. The van der Waals surface area contributed by atoms with E-state index in [-0.39, 0.29) is 30.0 Å². The topological polar surface area (TPSA) is 146 Å². The number of amides is 2. The van der Waals surface area contributed by atoms with Crippen molar-refractivity contribution in [3.8, 4) is 17.4 Å². The summed E-state index contributed by atoms with van der Waals surface area (Å²) in [6.07, 6.45) is -0.103. The Balaban J connectivity index is 1.54. The third kappa shape index (κ3) is 4.11. The molecule has 33 heavy (non-hydrogen) atoms. The van der Waals surface area contributed by atoms with E-state index in [1.54, 1.807) is 36.2 Å². The molecule has 0 radical (unpaired) electrons. The van der Waals surface area contributed by atoms with Crippen LogP contribution in [0.5, 0.6) is 11.7 Å². The van der Waals surface area contributed by atoms with Crippen LogP contribution in [0.1, 0.15) is 12.1 Å². The lowest BCUT2D eigenvalue weighted by Crippen LogP contribution is -2.44. The van der Waals surface area contributed by atoms with Gasteiger partial charge in [0.2, 0.25) is 11.6 Å². The molecule has 12 heteroatoms. The highest BCUT2D eigenvalue weighted by atomic mass is 16.6. The van der Waals surface area contributed by atoms with Crippen LogP contribution >= 0.6 is 0 Å². The number of hydrogen-bond acceptors (Lipinski definition) is 9. The van der Waals surface area contributed by atoms with Crippen molar-refractivity contribution < 1.29 is 33.6 Å². The number of nitro benzene ring substituents is 1. The van der Waals surface area contributed by atoms with E-state index in [4.69, 9.17) is 9.26 Å². The number of aromatic nitrogens is 2. The number of anilines is 1. The van der Waals surface area contributed by atoms with E-state index in [9.17, 15) is 24.8 Å². The summed E-state index contributed by atoms with van der Waals surface area (Å²) >= 11 is 0. The molecule has 0 saturated carbocycles. The number of nitrogens with zero attached hydrogens (tertiary/aromatic N) is 5. The first-order chi connectivity index (χ1) is 15.8. The predicted octanol–water partition coefficient (Wildman–Crippen LogP) is 0.706. The van der Waals surface area contributed by atoms with Crippen LogP contribution < -0.4 is 19.4 Å². The summed E-state index contributed by atoms with van der Waals surface area (Å²) in [6.45, 7) is -0.00779. The summed E-state index contributed by atoms with van der Waals surface area (Å²) in [5.74, 6) is -0.968. The number of ether oxygens (including phenoxy) is 1. The Hall–Kier alpha value is -4.32. The lowest BCUT2D eigenvalue weighted by atomic mass is 10.2. The third-order valence-corrected chi connectivity index (χ3v) is 5.39. The Morgan fingerprint density at radius 1 is 1.21 bits per heavy atom. The summed E-state index contributed by atoms with van der Waals surface area (Å²) in [7, 11) is 3.15. The summed E-state index contributed by atoms with van der Waals surface area (Å²) in [4.78, 5) is 38.4. The van der Waals surface area contributed by atoms with Gasteiger partial charge in [-0.1, -0.05) is 0 Å². The van der Waals surface area contributed by atoms with Crippen LogP contribution in [0.3, 0.4) is 0 Å². The van der Waals surface area contributed by atoms with Gasteiger partial charge < -0.3 is 14.4 Å². The van der Waals surface area contributed by atoms with Crippen molar-refractivity contribution in [2.45, 2.75) is 19.0 Å². The van der Waals surface area contributed by atoms with Gasteiger partial charge in [-0.15, -0.1) is 0 Å². The van der Waals surface area contributed by atoms with Crippen molar-refractivity contribution in [2.75, 3.05) is 19.1 Å². The number of nitro groups is 1. The molecule has 0 spiro atoms. The summed E-state index contributed by atoms with van der Waals surface area (Å²) < 4.78 is 11.3. The predicted molar refractivity (Wildman–Crippen MR) is 109 cm³/mol. The van der Waals surface area contributed by atoms with Gasteiger partial charge in [0.15, 0.2) is 5.95 Å². The standard InChI is InChI=1S/C21H19N5O7/c1-23(12-18-21(29)33-22-25(18)14-7-9-16(32-2)10-8-14)17-11-19(27)24(20(17)28)13-3-5-15(6-4-13)26(30)31/h3-10,17H,11-12H2,1-2H3. The largest absolute Gasteiger partial charge is 0.539 e. The molecule has 0 N–H and O–H groups in total. The maximum absolute atomic E-state index is 13.0. The fraction of sp³-hybridized carbons (Fsp3) is 0.238. The van der Waals surface area contributed by atoms with Crippen LogP contribution in [0.2, 0.25) is 0 Å². The number of carbonyl (C=O) groups excluding carboxylic acids is 2. The van der Waals surface area contributed by atoms with Crippen LogP contribution in [0.15, 0.2) is 53.1 Å². The monoisotopic (exact) mass is 453 g/mol. The average Bonchev–Trinajstić information content (AvgIpc) is 3.32.